The molecule has 0 amide bonds. The van der Waals surface area contributed by atoms with Gasteiger partial charge in [0.2, 0.25) is 0 Å². The molecule has 1 rings (SSSR count). The molecular weight excluding hydrogens is 182 g/mol. The Hall–Kier alpha value is -0.480. The summed E-state index contributed by atoms with van der Waals surface area (Å²) in [6.07, 6.45) is 3.03. The molecule has 0 fully saturated rings. The van der Waals surface area contributed by atoms with E-state index in [9.17, 15) is 0 Å². The third-order valence-electron chi connectivity index (χ3n) is 1.69. The third-order valence-corrected chi connectivity index (χ3v) is 2.69. The number of nitrogens with two attached hydrogens (primary N) is 1. The second kappa shape index (κ2) is 5.29. The van der Waals surface area contributed by atoms with Gasteiger partial charge in [-0.3, -0.25) is 0 Å². The molecular formula is C9H17N3S. The van der Waals surface area contributed by atoms with Gasteiger partial charge in [0, 0.05) is 12.8 Å². The largest absolute Gasteiger partial charge is 0.330 e. The van der Waals surface area contributed by atoms with Crippen molar-refractivity contribution in [1.29, 1.82) is 0 Å². The molecule has 0 atom stereocenters. The van der Waals surface area contributed by atoms with Gasteiger partial charge in [0.15, 0.2) is 0 Å². The van der Waals surface area contributed by atoms with E-state index in [-0.39, 0.29) is 0 Å². The maximum atomic E-state index is 5.42. The summed E-state index contributed by atoms with van der Waals surface area (Å²) in [5.74, 6) is 0.662. The van der Waals surface area contributed by atoms with Crippen molar-refractivity contribution in [3.05, 3.63) is 10.0 Å². The highest BCUT2D eigenvalue weighted by Crippen LogP contribution is 2.14. The van der Waals surface area contributed by atoms with Gasteiger partial charge in [-0.25, -0.2) is 0 Å². The van der Waals surface area contributed by atoms with E-state index < -0.39 is 0 Å². The first-order valence-electron chi connectivity index (χ1n) is 4.73. The molecule has 0 spiro atoms. The van der Waals surface area contributed by atoms with E-state index in [0.717, 1.165) is 35.8 Å². The highest BCUT2D eigenvalue weighted by atomic mass is 32.1. The molecule has 3 nitrogen and oxygen atoms in total. The molecule has 0 radical (unpaired) electrons. The maximum Gasteiger partial charge on any atom is 0.117 e. The topological polar surface area (TPSA) is 51.8 Å². The van der Waals surface area contributed by atoms with E-state index in [1.807, 2.05) is 0 Å². The number of hydrogen-bond acceptors (Lipinski definition) is 4. The second-order valence-electron chi connectivity index (χ2n) is 3.58. The van der Waals surface area contributed by atoms with Crippen LogP contribution in [0.15, 0.2) is 0 Å². The SMILES string of the molecule is CC(C)Cc1nnc(CCCN)s1. The van der Waals surface area contributed by atoms with Gasteiger partial charge in [-0.15, -0.1) is 21.5 Å². The Morgan fingerprint density at radius 2 is 2.00 bits per heavy atom. The first-order chi connectivity index (χ1) is 6.22. The maximum absolute atomic E-state index is 5.42. The fraction of sp³-hybridized carbons (Fsp3) is 0.778. The average molecular weight is 199 g/mol. The summed E-state index contributed by atoms with van der Waals surface area (Å²) in [5.41, 5.74) is 5.42. The summed E-state index contributed by atoms with van der Waals surface area (Å²) in [6, 6.07) is 0. The van der Waals surface area contributed by atoms with Crippen LogP contribution in [-0.2, 0) is 12.8 Å². The van der Waals surface area contributed by atoms with Crippen LogP contribution in [0.25, 0.3) is 0 Å². The minimum Gasteiger partial charge on any atom is -0.330 e. The molecule has 1 heterocycles. The Bertz CT molecular complexity index is 245. The van der Waals surface area contributed by atoms with Gasteiger partial charge in [0.05, 0.1) is 0 Å². The molecule has 13 heavy (non-hydrogen) atoms. The first kappa shape index (κ1) is 10.6. The van der Waals surface area contributed by atoms with Crippen LogP contribution >= 0.6 is 11.3 Å². The lowest BCUT2D eigenvalue weighted by atomic mass is 10.1. The van der Waals surface area contributed by atoms with Crippen LogP contribution in [0.4, 0.5) is 0 Å². The zero-order valence-corrected chi connectivity index (χ0v) is 9.10. The van der Waals surface area contributed by atoms with Crippen molar-refractivity contribution in [3.8, 4) is 0 Å². The molecule has 0 aromatic carbocycles. The summed E-state index contributed by atoms with van der Waals surface area (Å²) >= 11 is 1.72. The summed E-state index contributed by atoms with van der Waals surface area (Å²) in [6.45, 7) is 5.13. The Balaban J connectivity index is 2.44. The quantitative estimate of drug-likeness (QED) is 0.784. The van der Waals surface area contributed by atoms with Crippen LogP contribution in [0.5, 0.6) is 0 Å². The first-order valence-corrected chi connectivity index (χ1v) is 5.55. The van der Waals surface area contributed by atoms with Gasteiger partial charge in [0.1, 0.15) is 10.0 Å². The van der Waals surface area contributed by atoms with Crippen LogP contribution in [0.3, 0.4) is 0 Å². The van der Waals surface area contributed by atoms with E-state index in [2.05, 4.69) is 24.0 Å². The number of rotatable bonds is 5. The smallest absolute Gasteiger partial charge is 0.117 e. The van der Waals surface area contributed by atoms with Crippen LogP contribution in [-0.4, -0.2) is 16.7 Å². The van der Waals surface area contributed by atoms with Gasteiger partial charge in [0.25, 0.3) is 0 Å². The van der Waals surface area contributed by atoms with Crippen molar-refractivity contribution in [2.24, 2.45) is 11.7 Å². The van der Waals surface area contributed by atoms with Gasteiger partial charge in [-0.05, 0) is 18.9 Å². The Morgan fingerprint density at radius 3 is 2.62 bits per heavy atom. The fourth-order valence-corrected chi connectivity index (χ4v) is 2.17. The third kappa shape index (κ3) is 3.83. The summed E-state index contributed by atoms with van der Waals surface area (Å²) in [7, 11) is 0. The molecule has 0 saturated heterocycles. The van der Waals surface area contributed by atoms with E-state index in [1.165, 1.54) is 0 Å². The zero-order valence-electron chi connectivity index (χ0n) is 8.29. The van der Waals surface area contributed by atoms with Gasteiger partial charge in [-0.1, -0.05) is 13.8 Å². The van der Waals surface area contributed by atoms with Crippen molar-refractivity contribution in [1.82, 2.24) is 10.2 Å². The number of nitrogens with zero attached hydrogens (tertiary/aromatic N) is 2. The standard InChI is InChI=1S/C9H17N3S/c1-7(2)6-9-12-11-8(13-9)4-3-5-10/h7H,3-6,10H2,1-2H3. The van der Waals surface area contributed by atoms with E-state index in [1.54, 1.807) is 11.3 Å². The molecule has 0 unspecified atom stereocenters. The van der Waals surface area contributed by atoms with Crippen molar-refractivity contribution in [3.63, 3.8) is 0 Å². The Labute approximate surface area is 83.4 Å². The molecule has 1 aromatic heterocycles. The molecule has 74 valence electrons. The second-order valence-corrected chi connectivity index (χ2v) is 4.73. The number of aryl methyl sites for hydroxylation is 1. The monoisotopic (exact) mass is 199 g/mol. The van der Waals surface area contributed by atoms with E-state index in [0.29, 0.717) is 5.92 Å². The molecule has 1 aromatic rings. The highest BCUT2D eigenvalue weighted by molar-refractivity contribution is 7.11. The van der Waals surface area contributed by atoms with Crippen LogP contribution in [0.1, 0.15) is 30.3 Å². The van der Waals surface area contributed by atoms with Crippen LogP contribution < -0.4 is 5.73 Å². The van der Waals surface area contributed by atoms with Crippen molar-refractivity contribution in [2.75, 3.05) is 6.54 Å². The number of hydrogen-bond donors (Lipinski definition) is 1. The summed E-state index contributed by atoms with van der Waals surface area (Å²) < 4.78 is 0. The molecule has 0 aliphatic rings. The molecule has 2 N–H and O–H groups in total. The molecule has 0 aliphatic heterocycles. The zero-order chi connectivity index (χ0) is 9.68. The van der Waals surface area contributed by atoms with Crippen LogP contribution in [0.2, 0.25) is 0 Å². The lowest BCUT2D eigenvalue weighted by Crippen LogP contribution is -1.99. The van der Waals surface area contributed by atoms with Crippen molar-refractivity contribution >= 4 is 11.3 Å². The van der Waals surface area contributed by atoms with E-state index in [4.69, 9.17) is 5.73 Å². The fourth-order valence-electron chi connectivity index (χ4n) is 1.07. The van der Waals surface area contributed by atoms with Crippen molar-refractivity contribution < 1.29 is 0 Å². The Morgan fingerprint density at radius 1 is 1.31 bits per heavy atom. The normalized spacial score (nSPS) is 11.1. The molecule has 0 aliphatic carbocycles. The Kier molecular flexibility index (Phi) is 4.32. The van der Waals surface area contributed by atoms with Crippen LogP contribution in [0, 0.1) is 5.92 Å². The van der Waals surface area contributed by atoms with E-state index >= 15 is 0 Å². The minimum absolute atomic E-state index is 0.662. The molecule has 4 heteroatoms. The predicted octanol–water partition coefficient (Wildman–Crippen LogP) is 1.63. The minimum atomic E-state index is 0.662. The molecule has 0 saturated carbocycles. The predicted molar refractivity (Wildman–Crippen MR) is 55.8 cm³/mol. The highest BCUT2D eigenvalue weighted by Gasteiger charge is 2.05. The average Bonchev–Trinajstić information content (AvgIpc) is 2.48. The molecule has 0 bridgehead atoms. The van der Waals surface area contributed by atoms with Gasteiger partial charge >= 0.3 is 0 Å². The lowest BCUT2D eigenvalue weighted by molar-refractivity contribution is 0.639. The van der Waals surface area contributed by atoms with Gasteiger partial charge in [-0.2, -0.15) is 0 Å². The number of aromatic nitrogens is 2. The van der Waals surface area contributed by atoms with Crippen molar-refractivity contribution in [2.45, 2.75) is 33.1 Å². The lowest BCUT2D eigenvalue weighted by Gasteiger charge is -1.97. The summed E-state index contributed by atoms with van der Waals surface area (Å²) in [5, 5.41) is 10.5. The summed E-state index contributed by atoms with van der Waals surface area (Å²) in [4.78, 5) is 0. The van der Waals surface area contributed by atoms with Gasteiger partial charge < -0.3 is 5.73 Å².